The molecule has 1 aliphatic heterocycles. The lowest BCUT2D eigenvalue weighted by Gasteiger charge is -2.28. The Kier molecular flexibility index (Phi) is 6.42. The molecule has 0 bridgehead atoms. The molecule has 31 heavy (non-hydrogen) atoms. The largest absolute Gasteiger partial charge is 0.328 e. The minimum Gasteiger partial charge on any atom is -0.328 e. The Morgan fingerprint density at radius 2 is 1.87 bits per heavy atom. The molecule has 1 amide bonds. The molecule has 0 radical (unpaired) electrons. The summed E-state index contributed by atoms with van der Waals surface area (Å²) in [4.78, 5) is 18.1. The standard InChI is InChI=1S/C24H27N5OS/c1-4-5-15-31-24-27-23-25-17(3)20(22(30)26-19-13-11-16(2)12-14-19)21(29(23)28-24)18-9-7-6-8-10-18/h6-14,21H,4-5,15H2,1-3H3,(H,26,30)(H,25,27,28). The lowest BCUT2D eigenvalue weighted by atomic mass is 9.95. The van der Waals surface area contributed by atoms with E-state index in [1.54, 1.807) is 11.8 Å². The quantitative estimate of drug-likeness (QED) is 0.385. The smallest absolute Gasteiger partial charge is 0.255 e. The third-order valence-corrected chi connectivity index (χ3v) is 6.16. The van der Waals surface area contributed by atoms with Crippen molar-refractivity contribution in [1.82, 2.24) is 14.8 Å². The number of benzene rings is 2. The second kappa shape index (κ2) is 9.39. The number of rotatable bonds is 7. The summed E-state index contributed by atoms with van der Waals surface area (Å²) in [6.07, 6.45) is 2.25. The molecule has 0 saturated carbocycles. The minimum atomic E-state index is -0.351. The number of hydrogen-bond acceptors (Lipinski definition) is 5. The van der Waals surface area contributed by atoms with Crippen LogP contribution in [0, 0.1) is 6.92 Å². The molecule has 6 nitrogen and oxygen atoms in total. The Labute approximate surface area is 187 Å². The van der Waals surface area contributed by atoms with Crippen LogP contribution in [0.15, 0.2) is 71.0 Å². The van der Waals surface area contributed by atoms with Gasteiger partial charge in [-0.3, -0.25) is 4.79 Å². The van der Waals surface area contributed by atoms with Gasteiger partial charge < -0.3 is 10.6 Å². The van der Waals surface area contributed by atoms with Crippen LogP contribution in [0.4, 0.5) is 11.6 Å². The van der Waals surface area contributed by atoms with E-state index < -0.39 is 0 Å². The molecule has 0 spiro atoms. The third kappa shape index (κ3) is 4.66. The minimum absolute atomic E-state index is 0.149. The number of allylic oxidation sites excluding steroid dienone is 1. The van der Waals surface area contributed by atoms with Crippen LogP contribution < -0.4 is 10.6 Å². The zero-order valence-electron chi connectivity index (χ0n) is 18.1. The van der Waals surface area contributed by atoms with E-state index in [1.165, 1.54) is 0 Å². The summed E-state index contributed by atoms with van der Waals surface area (Å²) in [5, 5.41) is 11.8. The van der Waals surface area contributed by atoms with Gasteiger partial charge in [0.15, 0.2) is 0 Å². The Morgan fingerprint density at radius 1 is 1.13 bits per heavy atom. The van der Waals surface area contributed by atoms with Gasteiger partial charge >= 0.3 is 0 Å². The monoisotopic (exact) mass is 433 g/mol. The van der Waals surface area contributed by atoms with Crippen molar-refractivity contribution in [3.8, 4) is 0 Å². The molecule has 2 aromatic carbocycles. The molecule has 1 aliphatic rings. The van der Waals surface area contributed by atoms with E-state index in [1.807, 2.05) is 73.1 Å². The van der Waals surface area contributed by atoms with E-state index in [4.69, 9.17) is 5.10 Å². The lowest BCUT2D eigenvalue weighted by molar-refractivity contribution is -0.113. The first-order valence-electron chi connectivity index (χ1n) is 10.6. The molecule has 1 unspecified atom stereocenters. The number of anilines is 2. The fourth-order valence-corrected chi connectivity index (χ4v) is 4.49. The number of aromatic nitrogens is 3. The highest BCUT2D eigenvalue weighted by atomic mass is 32.2. The molecule has 2 heterocycles. The highest BCUT2D eigenvalue weighted by Crippen LogP contribution is 2.36. The molecular formula is C24H27N5OS. The summed E-state index contributed by atoms with van der Waals surface area (Å²) in [5.41, 5.74) is 4.32. The van der Waals surface area contributed by atoms with Gasteiger partial charge in [0.2, 0.25) is 11.1 Å². The Balaban J connectivity index is 1.69. The average Bonchev–Trinajstić information content (AvgIpc) is 3.17. The summed E-state index contributed by atoms with van der Waals surface area (Å²) in [5.74, 6) is 1.49. The normalized spacial score (nSPS) is 15.4. The number of thioether (sulfide) groups is 1. The number of amides is 1. The molecule has 1 atom stereocenters. The fourth-order valence-electron chi connectivity index (χ4n) is 3.57. The third-order valence-electron chi connectivity index (χ3n) is 5.23. The van der Waals surface area contributed by atoms with Crippen LogP contribution in [-0.2, 0) is 4.79 Å². The summed E-state index contributed by atoms with van der Waals surface area (Å²) >= 11 is 1.65. The zero-order valence-corrected chi connectivity index (χ0v) is 18.9. The van der Waals surface area contributed by atoms with E-state index in [-0.39, 0.29) is 11.9 Å². The highest BCUT2D eigenvalue weighted by Gasteiger charge is 2.34. The van der Waals surface area contributed by atoms with Crippen molar-refractivity contribution in [2.45, 2.75) is 44.8 Å². The van der Waals surface area contributed by atoms with Gasteiger partial charge in [0.05, 0.1) is 5.57 Å². The molecular weight excluding hydrogens is 406 g/mol. The van der Waals surface area contributed by atoms with Crippen LogP contribution >= 0.6 is 11.8 Å². The van der Waals surface area contributed by atoms with Gasteiger partial charge in [0.25, 0.3) is 5.91 Å². The van der Waals surface area contributed by atoms with E-state index in [9.17, 15) is 4.79 Å². The molecule has 7 heteroatoms. The number of carbonyl (C=O) groups is 1. The molecule has 4 rings (SSSR count). The molecule has 3 aromatic rings. The highest BCUT2D eigenvalue weighted by molar-refractivity contribution is 7.99. The van der Waals surface area contributed by atoms with Crippen molar-refractivity contribution >= 4 is 29.3 Å². The second-order valence-electron chi connectivity index (χ2n) is 7.66. The van der Waals surface area contributed by atoms with Gasteiger partial charge in [-0.05, 0) is 38.0 Å². The van der Waals surface area contributed by atoms with E-state index in [0.29, 0.717) is 11.5 Å². The van der Waals surface area contributed by atoms with Gasteiger partial charge in [-0.15, -0.1) is 5.10 Å². The number of aryl methyl sites for hydroxylation is 1. The Hall–Kier alpha value is -3.06. The Morgan fingerprint density at radius 3 is 2.58 bits per heavy atom. The van der Waals surface area contributed by atoms with Crippen LogP contribution in [0.2, 0.25) is 0 Å². The van der Waals surface area contributed by atoms with Gasteiger partial charge in [0, 0.05) is 17.1 Å². The first-order valence-corrected chi connectivity index (χ1v) is 11.6. The van der Waals surface area contributed by atoms with Crippen LogP contribution in [0.3, 0.4) is 0 Å². The number of nitrogens with zero attached hydrogens (tertiary/aromatic N) is 3. The van der Waals surface area contributed by atoms with E-state index in [2.05, 4.69) is 22.5 Å². The van der Waals surface area contributed by atoms with Crippen LogP contribution in [0.1, 0.15) is 43.9 Å². The van der Waals surface area contributed by atoms with Crippen LogP contribution in [0.5, 0.6) is 0 Å². The maximum atomic E-state index is 13.4. The molecule has 0 saturated heterocycles. The predicted octanol–water partition coefficient (Wildman–Crippen LogP) is 5.41. The van der Waals surface area contributed by atoms with Crippen molar-refractivity contribution in [1.29, 1.82) is 0 Å². The molecule has 160 valence electrons. The maximum absolute atomic E-state index is 13.4. The second-order valence-corrected chi connectivity index (χ2v) is 8.72. The number of fused-ring (bicyclic) bond motifs is 1. The van der Waals surface area contributed by atoms with Gasteiger partial charge in [-0.25, -0.2) is 4.68 Å². The Bertz CT molecular complexity index is 1090. The first kappa shape index (κ1) is 21.2. The SMILES string of the molecule is CCCCSc1nc2n(n1)C(c1ccccc1)C(C(=O)Nc1ccc(C)cc1)=C(C)N2. The maximum Gasteiger partial charge on any atom is 0.255 e. The summed E-state index contributed by atoms with van der Waals surface area (Å²) < 4.78 is 1.83. The van der Waals surface area contributed by atoms with Crippen molar-refractivity contribution in [2.24, 2.45) is 0 Å². The summed E-state index contributed by atoms with van der Waals surface area (Å²) in [6, 6.07) is 17.4. The van der Waals surface area contributed by atoms with Gasteiger partial charge in [-0.1, -0.05) is 73.1 Å². The van der Waals surface area contributed by atoms with Crippen LogP contribution in [0.25, 0.3) is 0 Å². The number of carbonyl (C=O) groups excluding carboxylic acids is 1. The zero-order chi connectivity index (χ0) is 21.8. The van der Waals surface area contributed by atoms with Crippen molar-refractivity contribution in [2.75, 3.05) is 16.4 Å². The van der Waals surface area contributed by atoms with Gasteiger partial charge in [0.1, 0.15) is 6.04 Å². The van der Waals surface area contributed by atoms with Gasteiger partial charge in [-0.2, -0.15) is 4.98 Å². The topological polar surface area (TPSA) is 71.8 Å². The van der Waals surface area contributed by atoms with Crippen molar-refractivity contribution in [3.05, 3.63) is 77.0 Å². The molecule has 1 aromatic heterocycles. The lowest BCUT2D eigenvalue weighted by Crippen LogP contribution is -2.31. The summed E-state index contributed by atoms with van der Waals surface area (Å²) in [6.45, 7) is 6.12. The molecule has 0 aliphatic carbocycles. The van der Waals surface area contributed by atoms with Crippen molar-refractivity contribution < 1.29 is 4.79 Å². The number of nitrogens with one attached hydrogen (secondary N) is 2. The predicted molar refractivity (Wildman–Crippen MR) is 126 cm³/mol. The average molecular weight is 434 g/mol. The first-order chi connectivity index (χ1) is 15.1. The number of hydrogen-bond donors (Lipinski definition) is 2. The molecule has 2 N–H and O–H groups in total. The summed E-state index contributed by atoms with van der Waals surface area (Å²) in [7, 11) is 0. The number of unbranched alkanes of at least 4 members (excludes halogenated alkanes) is 1. The fraction of sp³-hybridized carbons (Fsp3) is 0.292. The molecule has 0 fully saturated rings. The van der Waals surface area contributed by atoms with Crippen molar-refractivity contribution in [3.63, 3.8) is 0 Å². The van der Waals surface area contributed by atoms with Crippen LogP contribution in [-0.4, -0.2) is 26.4 Å². The van der Waals surface area contributed by atoms with E-state index in [0.717, 1.165) is 46.3 Å². The van der Waals surface area contributed by atoms with E-state index >= 15 is 0 Å².